The smallest absolute Gasteiger partial charge is 0.201 e. The van der Waals surface area contributed by atoms with E-state index < -0.39 is 29.2 Å². The zero-order valence-corrected chi connectivity index (χ0v) is 19.2. The Morgan fingerprint density at radius 3 is 2.12 bits per heavy atom. The van der Waals surface area contributed by atoms with Crippen molar-refractivity contribution in [2.75, 3.05) is 0 Å². The highest BCUT2D eigenvalue weighted by Gasteiger charge is 2.23. The lowest BCUT2D eigenvalue weighted by Crippen LogP contribution is -2.04. The van der Waals surface area contributed by atoms with Crippen molar-refractivity contribution in [1.29, 1.82) is 0 Å². The van der Waals surface area contributed by atoms with Gasteiger partial charge in [0.25, 0.3) is 0 Å². The molecule has 0 saturated carbocycles. The molecule has 0 spiro atoms. The molecule has 0 fully saturated rings. The lowest BCUT2D eigenvalue weighted by atomic mass is 9.92. The normalized spacial score (nSPS) is 15.9. The van der Waals surface area contributed by atoms with Crippen molar-refractivity contribution in [2.24, 2.45) is 5.92 Å². The largest absolute Gasteiger partial charge is 0.486 e. The molecule has 1 aliphatic carbocycles. The lowest BCUT2D eigenvalue weighted by Gasteiger charge is -2.17. The molecule has 1 aliphatic rings. The van der Waals surface area contributed by atoms with Crippen LogP contribution in [0.25, 0.3) is 16.7 Å². The van der Waals surface area contributed by atoms with Gasteiger partial charge in [0, 0.05) is 17.1 Å². The number of benzene rings is 3. The highest BCUT2D eigenvalue weighted by atomic mass is 19.2. The van der Waals surface area contributed by atoms with Crippen LogP contribution in [0.4, 0.5) is 17.6 Å². The van der Waals surface area contributed by atoms with Crippen molar-refractivity contribution in [2.45, 2.75) is 39.7 Å². The molecule has 0 N–H and O–H groups in total. The second kappa shape index (κ2) is 10.3. The number of hydrogen-bond acceptors (Lipinski definition) is 1. The van der Waals surface area contributed by atoms with E-state index in [4.69, 9.17) is 4.74 Å². The van der Waals surface area contributed by atoms with Crippen LogP contribution in [0.15, 0.2) is 78.4 Å². The standard InChI is InChI=1S/C29H26F4O/c1-3-4-19-6-10-21(11-7-19)24-15-16-25(29(33)28(24)32)34-17-20-8-12-22(13-9-20)23-14-5-18(2)26(30)27(23)31/h6-16,18H,3-5,17H2,1-2H3. The van der Waals surface area contributed by atoms with E-state index in [1.807, 2.05) is 12.1 Å². The van der Waals surface area contributed by atoms with Crippen LogP contribution >= 0.6 is 0 Å². The Balaban J connectivity index is 1.45. The predicted molar refractivity (Wildman–Crippen MR) is 128 cm³/mol. The van der Waals surface area contributed by atoms with E-state index in [-0.39, 0.29) is 23.5 Å². The Morgan fingerprint density at radius 2 is 1.44 bits per heavy atom. The van der Waals surface area contributed by atoms with Gasteiger partial charge in [-0.15, -0.1) is 0 Å². The van der Waals surface area contributed by atoms with Gasteiger partial charge in [-0.05, 0) is 47.2 Å². The Morgan fingerprint density at radius 1 is 0.794 bits per heavy atom. The highest BCUT2D eigenvalue weighted by molar-refractivity contribution is 5.78. The second-order valence-corrected chi connectivity index (χ2v) is 8.59. The molecule has 0 bridgehead atoms. The summed E-state index contributed by atoms with van der Waals surface area (Å²) in [6, 6.07) is 17.1. The van der Waals surface area contributed by atoms with Crippen molar-refractivity contribution in [1.82, 2.24) is 0 Å². The van der Waals surface area contributed by atoms with Crippen LogP contribution in [0.2, 0.25) is 0 Å². The van der Waals surface area contributed by atoms with E-state index in [1.54, 1.807) is 49.4 Å². The number of rotatable bonds is 7. The molecule has 0 aromatic heterocycles. The maximum absolute atomic E-state index is 14.7. The predicted octanol–water partition coefficient (Wildman–Crippen LogP) is 8.74. The zero-order chi connectivity index (χ0) is 24.2. The molecule has 3 aromatic carbocycles. The third-order valence-electron chi connectivity index (χ3n) is 6.06. The summed E-state index contributed by atoms with van der Waals surface area (Å²) in [6.07, 6.45) is 4.07. The first-order valence-corrected chi connectivity index (χ1v) is 11.4. The van der Waals surface area contributed by atoms with Crippen LogP contribution in [0.5, 0.6) is 5.75 Å². The van der Waals surface area contributed by atoms with Crippen LogP contribution in [0, 0.1) is 17.6 Å². The molecular formula is C29H26F4O. The average Bonchev–Trinajstić information content (AvgIpc) is 2.85. The minimum Gasteiger partial charge on any atom is -0.486 e. The van der Waals surface area contributed by atoms with Crippen molar-refractivity contribution < 1.29 is 22.3 Å². The fourth-order valence-corrected chi connectivity index (χ4v) is 4.02. The first kappa shape index (κ1) is 23.8. The Hall–Kier alpha value is -3.34. The molecular weight excluding hydrogens is 440 g/mol. The maximum Gasteiger partial charge on any atom is 0.201 e. The maximum atomic E-state index is 14.7. The Labute approximate surface area is 197 Å². The molecule has 0 aliphatic heterocycles. The van der Waals surface area contributed by atoms with Gasteiger partial charge in [-0.1, -0.05) is 74.9 Å². The van der Waals surface area contributed by atoms with Gasteiger partial charge in [0.2, 0.25) is 5.82 Å². The van der Waals surface area contributed by atoms with Gasteiger partial charge in [-0.2, -0.15) is 4.39 Å². The molecule has 0 saturated heterocycles. The van der Waals surface area contributed by atoms with Gasteiger partial charge in [-0.3, -0.25) is 0 Å². The molecule has 0 heterocycles. The Bertz CT molecular complexity index is 1220. The first-order valence-electron chi connectivity index (χ1n) is 11.4. The third-order valence-corrected chi connectivity index (χ3v) is 6.06. The summed E-state index contributed by atoms with van der Waals surface area (Å²) in [5.74, 6) is -4.22. The van der Waals surface area contributed by atoms with Crippen LogP contribution in [-0.2, 0) is 13.0 Å². The van der Waals surface area contributed by atoms with E-state index >= 15 is 0 Å². The van der Waals surface area contributed by atoms with Gasteiger partial charge in [0.1, 0.15) is 12.4 Å². The van der Waals surface area contributed by atoms with Gasteiger partial charge in [0.05, 0.1) is 0 Å². The molecule has 5 heteroatoms. The molecule has 176 valence electrons. The second-order valence-electron chi connectivity index (χ2n) is 8.59. The molecule has 34 heavy (non-hydrogen) atoms. The topological polar surface area (TPSA) is 9.23 Å². The summed E-state index contributed by atoms with van der Waals surface area (Å²) in [6.45, 7) is 3.73. The number of hydrogen-bond donors (Lipinski definition) is 0. The highest BCUT2D eigenvalue weighted by Crippen LogP contribution is 2.37. The van der Waals surface area contributed by atoms with Gasteiger partial charge < -0.3 is 4.74 Å². The number of allylic oxidation sites excluding steroid dienone is 4. The summed E-state index contributed by atoms with van der Waals surface area (Å²) in [5, 5.41) is 0. The molecule has 4 rings (SSSR count). The molecule has 0 radical (unpaired) electrons. The van der Waals surface area contributed by atoms with Gasteiger partial charge >= 0.3 is 0 Å². The molecule has 1 unspecified atom stereocenters. The zero-order valence-electron chi connectivity index (χ0n) is 19.2. The summed E-state index contributed by atoms with van der Waals surface area (Å²) in [7, 11) is 0. The van der Waals surface area contributed by atoms with Gasteiger partial charge in [-0.25, -0.2) is 13.2 Å². The minimum atomic E-state index is -1.05. The molecule has 0 amide bonds. The van der Waals surface area contributed by atoms with E-state index in [1.165, 1.54) is 12.1 Å². The van der Waals surface area contributed by atoms with Gasteiger partial charge in [0.15, 0.2) is 17.4 Å². The number of ether oxygens (including phenoxy) is 1. The fraction of sp³-hybridized carbons (Fsp3) is 0.241. The van der Waals surface area contributed by atoms with Crippen molar-refractivity contribution in [3.63, 3.8) is 0 Å². The average molecular weight is 467 g/mol. The SMILES string of the molecule is CCCc1ccc(-c2ccc(OCc3ccc(C4=CCC(C)C(F)=C4F)cc3)c(F)c2F)cc1. The van der Waals surface area contributed by atoms with E-state index in [0.717, 1.165) is 18.4 Å². The van der Waals surface area contributed by atoms with Crippen LogP contribution in [0.3, 0.4) is 0 Å². The number of halogens is 4. The van der Waals surface area contributed by atoms with Crippen LogP contribution in [0.1, 0.15) is 43.4 Å². The van der Waals surface area contributed by atoms with E-state index in [0.29, 0.717) is 23.1 Å². The van der Waals surface area contributed by atoms with Crippen LogP contribution in [-0.4, -0.2) is 0 Å². The Kier molecular flexibility index (Phi) is 7.20. The molecule has 1 atom stereocenters. The quantitative estimate of drug-likeness (QED) is 0.316. The molecule has 3 aromatic rings. The summed E-state index contributed by atoms with van der Waals surface area (Å²) < 4.78 is 63.1. The summed E-state index contributed by atoms with van der Waals surface area (Å²) in [4.78, 5) is 0. The van der Waals surface area contributed by atoms with E-state index in [9.17, 15) is 17.6 Å². The summed E-state index contributed by atoms with van der Waals surface area (Å²) >= 11 is 0. The number of aryl methyl sites for hydroxylation is 1. The van der Waals surface area contributed by atoms with E-state index in [2.05, 4.69) is 6.92 Å². The third kappa shape index (κ3) is 4.93. The van der Waals surface area contributed by atoms with Crippen molar-refractivity contribution in [3.05, 3.63) is 107 Å². The fourth-order valence-electron chi connectivity index (χ4n) is 4.02. The monoisotopic (exact) mass is 466 g/mol. The minimum absolute atomic E-state index is 0.00443. The van der Waals surface area contributed by atoms with Crippen molar-refractivity contribution in [3.8, 4) is 16.9 Å². The van der Waals surface area contributed by atoms with Crippen molar-refractivity contribution >= 4 is 5.57 Å². The molecule has 1 nitrogen and oxygen atoms in total. The lowest BCUT2D eigenvalue weighted by molar-refractivity contribution is 0.285. The first-order chi connectivity index (χ1) is 16.4. The summed E-state index contributed by atoms with van der Waals surface area (Å²) in [5.41, 5.74) is 3.40. The van der Waals surface area contributed by atoms with Crippen LogP contribution < -0.4 is 4.74 Å².